The minimum absolute atomic E-state index is 0.106. The highest BCUT2D eigenvalue weighted by Gasteiger charge is 2.42. The van der Waals surface area contributed by atoms with E-state index in [1.54, 1.807) is 19.1 Å². The van der Waals surface area contributed by atoms with Crippen LogP contribution in [0.25, 0.3) is 11.0 Å². The smallest absolute Gasteiger partial charge is 0.290 e. The Hall–Kier alpha value is -3.32. The predicted molar refractivity (Wildman–Crippen MR) is 139 cm³/mol. The van der Waals surface area contributed by atoms with Crippen molar-refractivity contribution in [2.45, 2.75) is 46.6 Å². The van der Waals surface area contributed by atoms with E-state index in [9.17, 15) is 9.59 Å². The number of nitrogens with zero attached hydrogens (tertiary/aromatic N) is 1. The number of ether oxygens (including phenoxy) is 3. The second-order valence-electron chi connectivity index (χ2n) is 9.80. The van der Waals surface area contributed by atoms with Crippen LogP contribution in [-0.4, -0.2) is 44.8 Å². The van der Waals surface area contributed by atoms with Gasteiger partial charge < -0.3 is 23.5 Å². The van der Waals surface area contributed by atoms with Crippen LogP contribution in [0.2, 0.25) is 0 Å². The fraction of sp³-hybridized carbons (Fsp3) is 0.448. The van der Waals surface area contributed by atoms with Crippen LogP contribution in [0.4, 0.5) is 0 Å². The van der Waals surface area contributed by atoms with Gasteiger partial charge in [0.15, 0.2) is 16.9 Å². The fourth-order valence-electron chi connectivity index (χ4n) is 4.61. The van der Waals surface area contributed by atoms with Gasteiger partial charge in [-0.25, -0.2) is 0 Å². The predicted octanol–water partition coefficient (Wildman–Crippen LogP) is 5.43. The molecule has 0 saturated heterocycles. The molecule has 0 saturated carbocycles. The zero-order chi connectivity index (χ0) is 26.0. The highest BCUT2D eigenvalue weighted by molar-refractivity contribution is 5.99. The van der Waals surface area contributed by atoms with E-state index in [4.69, 9.17) is 18.6 Å². The van der Waals surface area contributed by atoms with Crippen molar-refractivity contribution in [1.82, 2.24) is 4.90 Å². The maximum Gasteiger partial charge on any atom is 0.290 e. The average molecular weight is 494 g/mol. The Balaban J connectivity index is 1.83. The first kappa shape index (κ1) is 25.8. The van der Waals surface area contributed by atoms with Gasteiger partial charge in [-0.15, -0.1) is 0 Å². The minimum atomic E-state index is -0.592. The Labute approximate surface area is 212 Å². The van der Waals surface area contributed by atoms with Crippen LogP contribution in [0.3, 0.4) is 0 Å². The molecule has 1 atom stereocenters. The largest absolute Gasteiger partial charge is 0.493 e. The maximum atomic E-state index is 13.8. The summed E-state index contributed by atoms with van der Waals surface area (Å²) in [5.41, 5.74) is 3.38. The second kappa shape index (κ2) is 10.7. The summed E-state index contributed by atoms with van der Waals surface area (Å²) in [5, 5.41) is 0.481. The van der Waals surface area contributed by atoms with Crippen LogP contribution in [0.5, 0.6) is 11.5 Å². The Bertz CT molecular complexity index is 1330. The molecule has 3 aromatic rings. The third-order valence-corrected chi connectivity index (χ3v) is 6.79. The van der Waals surface area contributed by atoms with Crippen molar-refractivity contribution >= 4 is 16.9 Å². The average Bonchev–Trinajstić information content (AvgIpc) is 3.12. The minimum Gasteiger partial charge on any atom is -0.493 e. The van der Waals surface area contributed by atoms with Crippen LogP contribution in [0, 0.1) is 19.8 Å². The molecule has 0 aliphatic carbocycles. The van der Waals surface area contributed by atoms with Crippen molar-refractivity contribution in [3.63, 3.8) is 0 Å². The molecule has 0 fully saturated rings. The van der Waals surface area contributed by atoms with Gasteiger partial charge in [0.05, 0.1) is 30.7 Å². The highest BCUT2D eigenvalue weighted by Crippen LogP contribution is 2.41. The van der Waals surface area contributed by atoms with Crippen molar-refractivity contribution in [2.24, 2.45) is 5.92 Å². The number of carbonyl (C=O) groups is 1. The molecule has 1 amide bonds. The van der Waals surface area contributed by atoms with Crippen LogP contribution >= 0.6 is 0 Å². The normalized spacial score (nSPS) is 15.1. The first-order valence-corrected chi connectivity index (χ1v) is 12.4. The SMILES string of the molecule is COCCCN1C(=O)c2oc3cc(C)c(C)cc3c(=O)c2C1c1ccc(OCCC(C)C)c(OC)c1. The number of hydrogen-bond donors (Lipinski definition) is 0. The zero-order valence-corrected chi connectivity index (χ0v) is 22.0. The lowest BCUT2D eigenvalue weighted by molar-refractivity contribution is 0.0707. The van der Waals surface area contributed by atoms with E-state index >= 15 is 0 Å². The molecule has 1 aliphatic rings. The van der Waals surface area contributed by atoms with Crippen LogP contribution < -0.4 is 14.9 Å². The summed E-state index contributed by atoms with van der Waals surface area (Å²) in [6.07, 6.45) is 1.56. The lowest BCUT2D eigenvalue weighted by Gasteiger charge is -2.25. The van der Waals surface area contributed by atoms with Crippen molar-refractivity contribution in [2.75, 3.05) is 34.0 Å². The first-order chi connectivity index (χ1) is 17.3. The van der Waals surface area contributed by atoms with Gasteiger partial charge in [0.1, 0.15) is 5.58 Å². The molecular formula is C29H35NO6. The summed E-state index contributed by atoms with van der Waals surface area (Å²) >= 11 is 0. The number of rotatable bonds is 10. The molecule has 2 aromatic carbocycles. The zero-order valence-electron chi connectivity index (χ0n) is 22.0. The molecule has 1 unspecified atom stereocenters. The van der Waals surface area contributed by atoms with E-state index in [-0.39, 0.29) is 17.1 Å². The molecule has 0 N–H and O–H groups in total. The summed E-state index contributed by atoms with van der Waals surface area (Å²) in [7, 11) is 3.22. The summed E-state index contributed by atoms with van der Waals surface area (Å²) in [4.78, 5) is 29.0. The second-order valence-corrected chi connectivity index (χ2v) is 9.80. The third kappa shape index (κ3) is 4.85. The van der Waals surface area contributed by atoms with Crippen molar-refractivity contribution in [1.29, 1.82) is 0 Å². The van der Waals surface area contributed by atoms with Gasteiger partial charge in [0, 0.05) is 20.3 Å². The number of hydrogen-bond acceptors (Lipinski definition) is 6. The van der Waals surface area contributed by atoms with Crippen LogP contribution in [0.1, 0.15) is 65.5 Å². The molecular weight excluding hydrogens is 458 g/mol. The van der Waals surface area contributed by atoms with E-state index < -0.39 is 6.04 Å². The molecule has 1 aromatic heterocycles. The van der Waals surface area contributed by atoms with E-state index in [0.717, 1.165) is 23.1 Å². The number of carbonyl (C=O) groups excluding carboxylic acids is 1. The molecule has 4 rings (SSSR count). The lowest BCUT2D eigenvalue weighted by Crippen LogP contribution is -2.31. The molecule has 0 spiro atoms. The number of benzene rings is 2. The lowest BCUT2D eigenvalue weighted by atomic mass is 9.97. The molecule has 0 bridgehead atoms. The number of fused-ring (bicyclic) bond motifs is 2. The molecule has 1 aliphatic heterocycles. The molecule has 7 heteroatoms. The number of methoxy groups -OCH3 is 2. The molecule has 36 heavy (non-hydrogen) atoms. The summed E-state index contributed by atoms with van der Waals surface area (Å²) in [5.74, 6) is 1.53. The van der Waals surface area contributed by atoms with Gasteiger partial charge in [-0.1, -0.05) is 19.9 Å². The van der Waals surface area contributed by atoms with Crippen molar-refractivity contribution < 1.29 is 23.4 Å². The van der Waals surface area contributed by atoms with E-state index in [1.165, 1.54) is 0 Å². The summed E-state index contributed by atoms with van der Waals surface area (Å²) in [6.45, 7) is 9.72. The molecule has 7 nitrogen and oxygen atoms in total. The topological polar surface area (TPSA) is 78.2 Å². The van der Waals surface area contributed by atoms with E-state index in [1.807, 2.05) is 44.2 Å². The van der Waals surface area contributed by atoms with Crippen molar-refractivity contribution in [3.8, 4) is 11.5 Å². The van der Waals surface area contributed by atoms with Gasteiger partial charge in [-0.05, 0) is 73.6 Å². The molecule has 0 radical (unpaired) electrons. The standard InChI is InChI=1S/C29H35NO6/c1-17(2)10-13-35-22-9-8-20(16-24(22)34-6)26-25-27(31)21-14-18(3)19(4)15-23(21)36-28(25)29(32)30(26)11-7-12-33-5/h8-9,14-17,26H,7,10-13H2,1-6H3. The van der Waals surface area contributed by atoms with Gasteiger partial charge in [-0.2, -0.15) is 0 Å². The first-order valence-electron chi connectivity index (χ1n) is 12.4. The van der Waals surface area contributed by atoms with Crippen molar-refractivity contribution in [3.05, 3.63) is 68.6 Å². The monoisotopic (exact) mass is 493 g/mol. The maximum absolute atomic E-state index is 13.8. The fourth-order valence-corrected chi connectivity index (χ4v) is 4.61. The van der Waals surface area contributed by atoms with E-state index in [2.05, 4.69) is 13.8 Å². The Morgan fingerprint density at radius 3 is 2.44 bits per heavy atom. The van der Waals surface area contributed by atoms with Gasteiger partial charge >= 0.3 is 0 Å². The van der Waals surface area contributed by atoms with Gasteiger partial charge in [0.25, 0.3) is 5.91 Å². The Kier molecular flexibility index (Phi) is 7.69. The van der Waals surface area contributed by atoms with Gasteiger partial charge in [0.2, 0.25) is 5.76 Å². The Morgan fingerprint density at radius 1 is 1.00 bits per heavy atom. The Morgan fingerprint density at radius 2 is 1.75 bits per heavy atom. The molecule has 192 valence electrons. The molecule has 2 heterocycles. The number of amides is 1. The quantitative estimate of drug-likeness (QED) is 0.351. The van der Waals surface area contributed by atoms with Crippen LogP contribution in [-0.2, 0) is 4.74 Å². The highest BCUT2D eigenvalue weighted by atomic mass is 16.5. The van der Waals surface area contributed by atoms with E-state index in [0.29, 0.717) is 60.1 Å². The summed E-state index contributed by atoms with van der Waals surface area (Å²) < 4.78 is 22.9. The summed E-state index contributed by atoms with van der Waals surface area (Å²) in [6, 6.07) is 8.68. The van der Waals surface area contributed by atoms with Crippen LogP contribution in [0.15, 0.2) is 39.5 Å². The number of aryl methyl sites for hydroxylation is 2. The third-order valence-electron chi connectivity index (χ3n) is 6.79. The van der Waals surface area contributed by atoms with Gasteiger partial charge in [-0.3, -0.25) is 9.59 Å².